The Kier molecular flexibility index (Phi) is 5.91. The van der Waals surface area contributed by atoms with E-state index in [1.807, 2.05) is 23.9 Å². The van der Waals surface area contributed by atoms with Crippen LogP contribution in [0.15, 0.2) is 22.7 Å². The quantitative estimate of drug-likeness (QED) is 0.794. The maximum atomic E-state index is 10.1. The summed E-state index contributed by atoms with van der Waals surface area (Å²) in [7, 11) is 0. The smallest absolute Gasteiger partial charge is 0.120 e. The minimum absolute atomic E-state index is 0.121. The zero-order valence-electron chi connectivity index (χ0n) is 13.6. The second-order valence-electron chi connectivity index (χ2n) is 6.43. The van der Waals surface area contributed by atoms with E-state index in [1.165, 1.54) is 17.9 Å². The van der Waals surface area contributed by atoms with Crippen LogP contribution in [0.3, 0.4) is 0 Å². The molecule has 6 heteroatoms. The Hall–Kier alpha value is -0.270. The maximum Gasteiger partial charge on any atom is 0.120 e. The van der Waals surface area contributed by atoms with E-state index in [2.05, 4.69) is 33.1 Å². The third-order valence-electron chi connectivity index (χ3n) is 4.96. The zero-order chi connectivity index (χ0) is 16.3. The molecule has 23 heavy (non-hydrogen) atoms. The van der Waals surface area contributed by atoms with Gasteiger partial charge in [0.1, 0.15) is 5.75 Å². The fourth-order valence-electron chi connectivity index (χ4n) is 3.46. The number of morpholine rings is 1. The normalized spacial score (nSPS) is 27.2. The number of hydrogen-bond acceptors (Lipinski definition) is 5. The Bertz CT molecular complexity index is 531. The molecule has 2 aliphatic rings. The Morgan fingerprint density at radius 1 is 1.43 bits per heavy atom. The monoisotopic (exact) mass is 400 g/mol. The Balaban J connectivity index is 1.67. The summed E-state index contributed by atoms with van der Waals surface area (Å²) in [6.45, 7) is 6.81. The van der Waals surface area contributed by atoms with E-state index >= 15 is 0 Å². The molecule has 1 aromatic carbocycles. The van der Waals surface area contributed by atoms with Crippen LogP contribution < -0.4 is 5.32 Å². The van der Waals surface area contributed by atoms with Gasteiger partial charge in [0.15, 0.2) is 0 Å². The van der Waals surface area contributed by atoms with Crippen LogP contribution in [0.4, 0.5) is 0 Å². The number of rotatable bonds is 5. The predicted molar refractivity (Wildman–Crippen MR) is 99.3 cm³/mol. The molecule has 2 saturated heterocycles. The summed E-state index contributed by atoms with van der Waals surface area (Å²) < 4.78 is 6.52. The molecule has 3 rings (SSSR count). The van der Waals surface area contributed by atoms with Crippen molar-refractivity contribution in [3.8, 4) is 5.75 Å². The van der Waals surface area contributed by atoms with Crippen molar-refractivity contribution in [1.29, 1.82) is 0 Å². The molecule has 2 heterocycles. The van der Waals surface area contributed by atoms with Crippen molar-refractivity contribution in [3.63, 3.8) is 0 Å². The summed E-state index contributed by atoms with van der Waals surface area (Å²) in [5, 5.41) is 13.8. The first-order valence-corrected chi connectivity index (χ1v) is 10.2. The molecule has 0 spiro atoms. The number of ether oxygens (including phenoxy) is 1. The number of benzene rings is 1. The molecule has 2 atom stereocenters. The first-order valence-electron chi connectivity index (χ1n) is 8.23. The van der Waals surface area contributed by atoms with Gasteiger partial charge in [-0.1, -0.05) is 15.9 Å². The van der Waals surface area contributed by atoms with E-state index in [9.17, 15) is 5.11 Å². The van der Waals surface area contributed by atoms with Crippen LogP contribution >= 0.6 is 27.7 Å². The van der Waals surface area contributed by atoms with Gasteiger partial charge in [-0.15, -0.1) is 0 Å². The molecule has 0 aliphatic carbocycles. The second-order valence-corrected chi connectivity index (χ2v) is 8.45. The van der Waals surface area contributed by atoms with Crippen LogP contribution in [0, 0.1) is 0 Å². The van der Waals surface area contributed by atoms with Crippen LogP contribution in [-0.4, -0.2) is 59.9 Å². The summed E-state index contributed by atoms with van der Waals surface area (Å²) >= 11 is 5.54. The highest BCUT2D eigenvalue weighted by atomic mass is 79.9. The number of nitrogens with one attached hydrogen (secondary N) is 1. The zero-order valence-corrected chi connectivity index (χ0v) is 16.0. The summed E-state index contributed by atoms with van der Waals surface area (Å²) in [5.74, 6) is 2.77. The number of phenolic OH excluding ortho intramolecular Hbond substituents is 1. The minimum atomic E-state index is 0.121. The third kappa shape index (κ3) is 4.04. The fourth-order valence-corrected chi connectivity index (χ4v) is 5.32. The van der Waals surface area contributed by atoms with Crippen molar-refractivity contribution in [2.24, 2.45) is 0 Å². The first-order chi connectivity index (χ1) is 11.1. The van der Waals surface area contributed by atoms with Crippen molar-refractivity contribution < 1.29 is 9.84 Å². The summed E-state index contributed by atoms with van der Waals surface area (Å²) in [4.78, 5) is 2.61. The minimum Gasteiger partial charge on any atom is -0.508 e. The third-order valence-corrected chi connectivity index (χ3v) is 6.69. The van der Waals surface area contributed by atoms with Gasteiger partial charge < -0.3 is 15.2 Å². The predicted octanol–water partition coefficient (Wildman–Crippen LogP) is 3.01. The molecule has 0 radical (unpaired) electrons. The van der Waals surface area contributed by atoms with Crippen molar-refractivity contribution in [2.45, 2.75) is 24.9 Å². The molecule has 0 unspecified atom stereocenters. The Labute approximate surface area is 151 Å². The van der Waals surface area contributed by atoms with Gasteiger partial charge in [0, 0.05) is 47.0 Å². The number of aromatic hydroxyl groups is 1. The lowest BCUT2D eigenvalue weighted by atomic mass is 9.94. The molecular formula is C17H25BrN2O2S. The van der Waals surface area contributed by atoms with Gasteiger partial charge in [0.05, 0.1) is 13.2 Å². The van der Waals surface area contributed by atoms with E-state index < -0.39 is 0 Å². The molecule has 2 N–H and O–H groups in total. The van der Waals surface area contributed by atoms with Crippen molar-refractivity contribution >= 4 is 27.7 Å². The van der Waals surface area contributed by atoms with Crippen molar-refractivity contribution in [2.75, 3.05) is 44.4 Å². The van der Waals surface area contributed by atoms with Crippen LogP contribution in [0.1, 0.15) is 24.9 Å². The van der Waals surface area contributed by atoms with Gasteiger partial charge in [-0.3, -0.25) is 4.90 Å². The molecule has 2 fully saturated rings. The number of hydrogen-bond donors (Lipinski definition) is 2. The summed E-state index contributed by atoms with van der Waals surface area (Å²) in [6.07, 6.45) is 1.22. The number of thioether (sulfide) groups is 1. The van der Waals surface area contributed by atoms with Gasteiger partial charge in [-0.2, -0.15) is 11.8 Å². The lowest BCUT2D eigenvalue weighted by molar-refractivity contribution is -0.0139. The van der Waals surface area contributed by atoms with E-state index in [0.29, 0.717) is 5.75 Å². The van der Waals surface area contributed by atoms with E-state index in [-0.39, 0.29) is 11.6 Å². The molecule has 2 aliphatic heterocycles. The molecule has 0 saturated carbocycles. The summed E-state index contributed by atoms with van der Waals surface area (Å²) in [6, 6.07) is 5.74. The highest BCUT2D eigenvalue weighted by Crippen LogP contribution is 2.35. The molecule has 128 valence electrons. The second kappa shape index (κ2) is 7.74. The molecule has 1 aromatic rings. The van der Waals surface area contributed by atoms with E-state index in [1.54, 1.807) is 6.07 Å². The van der Waals surface area contributed by atoms with Crippen LogP contribution in [0.25, 0.3) is 0 Å². The van der Waals surface area contributed by atoms with Gasteiger partial charge in [0.2, 0.25) is 0 Å². The van der Waals surface area contributed by atoms with Gasteiger partial charge in [0.25, 0.3) is 0 Å². The van der Waals surface area contributed by atoms with Crippen molar-refractivity contribution in [1.82, 2.24) is 10.2 Å². The lowest BCUT2D eigenvalue weighted by Crippen LogP contribution is -2.58. The largest absolute Gasteiger partial charge is 0.508 e. The van der Waals surface area contributed by atoms with E-state index in [4.69, 9.17) is 4.74 Å². The molecule has 4 nitrogen and oxygen atoms in total. The van der Waals surface area contributed by atoms with Crippen LogP contribution in [0.2, 0.25) is 0 Å². The fraction of sp³-hybridized carbons (Fsp3) is 0.647. The molecule has 0 aromatic heterocycles. The Morgan fingerprint density at radius 3 is 2.91 bits per heavy atom. The standard InChI is InChI=1S/C17H25BrN2O2S/c1-13(15-10-14(18)2-3-16(15)21)19-11-17(4-9-23-12-17)20-5-7-22-8-6-20/h2-3,10,13,19,21H,4-9,11-12H2,1H3/t13-,17+/m1/s1. The maximum absolute atomic E-state index is 10.1. The number of halogens is 1. The molecule has 0 bridgehead atoms. The lowest BCUT2D eigenvalue weighted by Gasteiger charge is -2.43. The Morgan fingerprint density at radius 2 is 2.22 bits per heavy atom. The van der Waals surface area contributed by atoms with Crippen molar-refractivity contribution in [3.05, 3.63) is 28.2 Å². The SMILES string of the molecule is C[C@@H](NC[C@@]1(N2CCOCC2)CCSC1)c1cc(Br)ccc1O. The number of nitrogens with zero attached hydrogens (tertiary/aromatic N) is 1. The van der Waals surface area contributed by atoms with Gasteiger partial charge in [-0.25, -0.2) is 0 Å². The van der Waals surface area contributed by atoms with Crippen LogP contribution in [-0.2, 0) is 4.74 Å². The first kappa shape index (κ1) is 17.5. The topological polar surface area (TPSA) is 44.7 Å². The van der Waals surface area contributed by atoms with Crippen LogP contribution in [0.5, 0.6) is 5.75 Å². The average Bonchev–Trinajstić information content (AvgIpc) is 3.06. The molecule has 0 amide bonds. The van der Waals surface area contributed by atoms with Gasteiger partial charge >= 0.3 is 0 Å². The highest BCUT2D eigenvalue weighted by Gasteiger charge is 2.40. The summed E-state index contributed by atoms with van der Waals surface area (Å²) in [5.41, 5.74) is 1.17. The number of phenols is 1. The van der Waals surface area contributed by atoms with E-state index in [0.717, 1.165) is 42.9 Å². The van der Waals surface area contributed by atoms with Gasteiger partial charge in [-0.05, 0) is 37.3 Å². The highest BCUT2D eigenvalue weighted by molar-refractivity contribution is 9.10. The average molecular weight is 401 g/mol. The molecular weight excluding hydrogens is 376 g/mol.